The molecule has 0 fully saturated rings. The highest BCUT2D eigenvalue weighted by Crippen LogP contribution is 2.30. The number of carbonyl (C=O) groups excluding carboxylic acids is 2. The molecule has 1 unspecified atom stereocenters. The largest absolute Gasteiger partial charge is 0.485 e. The molecule has 3 N–H and O–H groups in total. The summed E-state index contributed by atoms with van der Waals surface area (Å²) in [6.07, 6.45) is 1.75. The molecule has 4 rings (SSSR count). The number of fused-ring (bicyclic) bond motifs is 1. The van der Waals surface area contributed by atoms with E-state index in [1.165, 1.54) is 36.4 Å². The van der Waals surface area contributed by atoms with E-state index in [2.05, 4.69) is 15.6 Å². The number of hydrogen-bond acceptors (Lipinski definition) is 6. The lowest BCUT2D eigenvalue weighted by Crippen LogP contribution is -2.50. The number of amides is 2. The molecule has 0 aromatic heterocycles. The highest BCUT2D eigenvalue weighted by atomic mass is 35.5. The second kappa shape index (κ2) is 10.5. The first-order valence-corrected chi connectivity index (χ1v) is 12.2. The Balaban J connectivity index is 1.29. The van der Waals surface area contributed by atoms with Crippen molar-refractivity contribution >= 4 is 45.2 Å². The van der Waals surface area contributed by atoms with Gasteiger partial charge in [0, 0.05) is 6.08 Å². The molecule has 3 aromatic carbocycles. The number of rotatable bonds is 6. The third kappa shape index (κ3) is 6.11. The van der Waals surface area contributed by atoms with Gasteiger partial charge < -0.3 is 9.47 Å². The summed E-state index contributed by atoms with van der Waals surface area (Å²) in [5.41, 5.74) is 5.39. The van der Waals surface area contributed by atoms with Crippen LogP contribution < -0.4 is 25.0 Å². The van der Waals surface area contributed by atoms with E-state index < -0.39 is 27.9 Å². The van der Waals surface area contributed by atoms with Crippen molar-refractivity contribution < 1.29 is 27.5 Å². The van der Waals surface area contributed by atoms with E-state index in [-0.39, 0.29) is 22.2 Å². The summed E-state index contributed by atoms with van der Waals surface area (Å²) in [5, 5.41) is 0.279. The van der Waals surface area contributed by atoms with Crippen LogP contribution in [0.25, 0.3) is 6.08 Å². The molecule has 35 heavy (non-hydrogen) atoms. The maximum atomic E-state index is 12.6. The number of anilines is 1. The van der Waals surface area contributed by atoms with E-state index in [1.807, 2.05) is 0 Å². The van der Waals surface area contributed by atoms with Gasteiger partial charge >= 0.3 is 0 Å². The zero-order valence-electron chi connectivity index (χ0n) is 18.1. The highest BCUT2D eigenvalue weighted by Gasteiger charge is 2.27. The topological polar surface area (TPSA) is 123 Å². The van der Waals surface area contributed by atoms with Crippen LogP contribution >= 0.6 is 11.6 Å². The molecule has 0 saturated heterocycles. The lowest BCUT2D eigenvalue weighted by atomic mass is 10.2. The minimum Gasteiger partial charge on any atom is -0.485 e. The summed E-state index contributed by atoms with van der Waals surface area (Å²) < 4.78 is 38.6. The average Bonchev–Trinajstić information content (AvgIpc) is 2.87. The van der Waals surface area contributed by atoms with Gasteiger partial charge in [0.15, 0.2) is 11.5 Å². The van der Waals surface area contributed by atoms with Crippen molar-refractivity contribution in [2.45, 2.75) is 11.0 Å². The second-order valence-corrected chi connectivity index (χ2v) is 9.42. The molecule has 1 atom stereocenters. The fourth-order valence-electron chi connectivity index (χ4n) is 3.07. The van der Waals surface area contributed by atoms with E-state index in [4.69, 9.17) is 21.1 Å². The number of para-hydroxylation sites is 3. The lowest BCUT2D eigenvalue weighted by molar-refractivity contribution is -0.134. The van der Waals surface area contributed by atoms with Crippen LogP contribution in [0.3, 0.4) is 0 Å². The molecule has 0 saturated carbocycles. The van der Waals surface area contributed by atoms with Crippen molar-refractivity contribution in [2.24, 2.45) is 0 Å². The van der Waals surface area contributed by atoms with Gasteiger partial charge in [-0.1, -0.05) is 48.0 Å². The number of sulfonamides is 1. The predicted octanol–water partition coefficient (Wildman–Crippen LogP) is 3.14. The molecule has 1 aliphatic rings. The number of hydrogen-bond donors (Lipinski definition) is 3. The molecule has 180 valence electrons. The van der Waals surface area contributed by atoms with Gasteiger partial charge in [-0.05, 0) is 48.0 Å². The molecule has 0 aliphatic carbocycles. The van der Waals surface area contributed by atoms with Crippen molar-refractivity contribution in [1.29, 1.82) is 0 Å². The number of benzene rings is 3. The SMILES string of the molecule is O=C(C=Cc1ccc(S(=O)(=O)Nc2ccccc2Cl)cc1)NNC(=O)C1COc2ccccc2O1. The molecular weight excluding hydrogens is 494 g/mol. The predicted molar refractivity (Wildman–Crippen MR) is 130 cm³/mol. The van der Waals surface area contributed by atoms with Crippen LogP contribution in [0, 0.1) is 0 Å². The first-order chi connectivity index (χ1) is 16.8. The zero-order valence-corrected chi connectivity index (χ0v) is 19.7. The van der Waals surface area contributed by atoms with E-state index in [0.29, 0.717) is 17.1 Å². The van der Waals surface area contributed by atoms with Crippen molar-refractivity contribution in [3.8, 4) is 11.5 Å². The monoisotopic (exact) mass is 513 g/mol. The third-order valence-corrected chi connectivity index (χ3v) is 6.56. The Morgan fingerprint density at radius 2 is 1.60 bits per heavy atom. The summed E-state index contributed by atoms with van der Waals surface area (Å²) in [6, 6.07) is 19.3. The van der Waals surface area contributed by atoms with Gasteiger partial charge in [0.2, 0.25) is 6.10 Å². The Labute approximate surface area is 206 Å². The van der Waals surface area contributed by atoms with Crippen molar-refractivity contribution in [2.75, 3.05) is 11.3 Å². The van der Waals surface area contributed by atoms with Crippen LogP contribution in [-0.2, 0) is 19.6 Å². The van der Waals surface area contributed by atoms with Gasteiger partial charge in [-0.15, -0.1) is 0 Å². The summed E-state index contributed by atoms with van der Waals surface area (Å²) in [5.74, 6) is -0.172. The van der Waals surface area contributed by atoms with Gasteiger partial charge in [0.05, 0.1) is 15.6 Å². The fourth-order valence-corrected chi connectivity index (χ4v) is 4.39. The quantitative estimate of drug-likeness (QED) is 0.344. The van der Waals surface area contributed by atoms with E-state index >= 15 is 0 Å². The van der Waals surface area contributed by atoms with Crippen LogP contribution in [0.15, 0.2) is 83.8 Å². The third-order valence-electron chi connectivity index (χ3n) is 4.85. The molecule has 0 radical (unpaired) electrons. The van der Waals surface area contributed by atoms with Gasteiger partial charge in [-0.3, -0.25) is 25.2 Å². The molecule has 1 aliphatic heterocycles. The Hall–Kier alpha value is -4.02. The number of carbonyl (C=O) groups is 2. The first-order valence-electron chi connectivity index (χ1n) is 10.4. The number of nitrogens with one attached hydrogen (secondary N) is 3. The Bertz CT molecular complexity index is 1380. The van der Waals surface area contributed by atoms with Crippen LogP contribution in [0.5, 0.6) is 11.5 Å². The van der Waals surface area contributed by atoms with E-state index in [0.717, 1.165) is 0 Å². The zero-order chi connectivity index (χ0) is 24.8. The first kappa shape index (κ1) is 24.1. The Morgan fingerprint density at radius 3 is 2.34 bits per heavy atom. The second-order valence-electron chi connectivity index (χ2n) is 7.33. The van der Waals surface area contributed by atoms with E-state index in [9.17, 15) is 18.0 Å². The van der Waals surface area contributed by atoms with Crippen LogP contribution in [0.2, 0.25) is 5.02 Å². The molecule has 11 heteroatoms. The molecule has 0 spiro atoms. The smallest absolute Gasteiger partial charge is 0.283 e. The van der Waals surface area contributed by atoms with Gasteiger partial charge in [0.1, 0.15) is 6.61 Å². The average molecular weight is 514 g/mol. The summed E-state index contributed by atoms with van der Waals surface area (Å²) in [4.78, 5) is 24.3. The molecule has 9 nitrogen and oxygen atoms in total. The Morgan fingerprint density at radius 1 is 0.914 bits per heavy atom. The molecule has 2 amide bonds. The van der Waals surface area contributed by atoms with Crippen molar-refractivity contribution in [1.82, 2.24) is 10.9 Å². The summed E-state index contributed by atoms with van der Waals surface area (Å²) in [7, 11) is -3.84. The molecule has 0 bridgehead atoms. The number of ether oxygens (including phenoxy) is 2. The van der Waals surface area contributed by atoms with E-state index in [1.54, 1.807) is 48.5 Å². The van der Waals surface area contributed by atoms with Gasteiger partial charge in [0.25, 0.3) is 21.8 Å². The Kier molecular flexibility index (Phi) is 7.23. The van der Waals surface area contributed by atoms with Gasteiger partial charge in [-0.25, -0.2) is 8.42 Å². The van der Waals surface area contributed by atoms with Crippen LogP contribution in [-0.4, -0.2) is 32.9 Å². The maximum absolute atomic E-state index is 12.6. The van der Waals surface area contributed by atoms with Gasteiger partial charge in [-0.2, -0.15) is 0 Å². The number of halogens is 1. The minimum absolute atomic E-state index is 0.00908. The van der Waals surface area contributed by atoms with Crippen LogP contribution in [0.4, 0.5) is 5.69 Å². The highest BCUT2D eigenvalue weighted by molar-refractivity contribution is 7.92. The summed E-state index contributed by atoms with van der Waals surface area (Å²) >= 11 is 6.01. The fraction of sp³-hybridized carbons (Fsp3) is 0.0833. The standard InChI is InChI=1S/C24H20ClN3O6S/c25-18-5-1-2-6-19(18)28-35(31,32)17-12-9-16(10-13-17)11-14-23(29)26-27-24(30)22-15-33-20-7-3-4-8-21(20)34-22/h1-14,22,28H,15H2,(H,26,29)(H,27,30). The lowest BCUT2D eigenvalue weighted by Gasteiger charge is -2.25. The molecule has 3 aromatic rings. The normalized spacial score (nSPS) is 14.8. The van der Waals surface area contributed by atoms with Crippen molar-refractivity contribution in [3.05, 3.63) is 89.5 Å². The minimum atomic E-state index is -3.84. The van der Waals surface area contributed by atoms with Crippen LogP contribution in [0.1, 0.15) is 5.56 Å². The molecule has 1 heterocycles. The summed E-state index contributed by atoms with van der Waals surface area (Å²) in [6.45, 7) is 0.00908. The maximum Gasteiger partial charge on any atom is 0.283 e. The molecular formula is C24H20ClN3O6S. The van der Waals surface area contributed by atoms with Crippen molar-refractivity contribution in [3.63, 3.8) is 0 Å². The number of hydrazine groups is 1.